The molecule has 5 rings (SSSR count). The highest BCUT2D eigenvalue weighted by molar-refractivity contribution is 5.88. The fourth-order valence-corrected chi connectivity index (χ4v) is 4.18. The predicted molar refractivity (Wildman–Crippen MR) is 111 cm³/mol. The summed E-state index contributed by atoms with van der Waals surface area (Å²) in [5.41, 5.74) is 11.5. The van der Waals surface area contributed by atoms with Crippen molar-refractivity contribution in [3.8, 4) is 22.9 Å². The van der Waals surface area contributed by atoms with Crippen molar-refractivity contribution in [2.24, 2.45) is 5.73 Å². The van der Waals surface area contributed by atoms with Crippen LogP contribution in [0.2, 0.25) is 0 Å². The third-order valence-electron chi connectivity index (χ3n) is 5.53. The summed E-state index contributed by atoms with van der Waals surface area (Å²) in [6.07, 6.45) is 1.61. The lowest BCUT2D eigenvalue weighted by Crippen LogP contribution is -2.27. The molecule has 0 spiro atoms. The highest BCUT2D eigenvalue weighted by atomic mass is 19.1. The van der Waals surface area contributed by atoms with Gasteiger partial charge in [-0.25, -0.2) is 4.39 Å². The topological polar surface area (TPSA) is 76.3 Å². The second kappa shape index (κ2) is 7.00. The van der Waals surface area contributed by atoms with Crippen LogP contribution in [0, 0.1) is 5.82 Å². The first kappa shape index (κ1) is 17.9. The minimum absolute atomic E-state index is 0.123. The maximum Gasteiger partial charge on any atom is 0.324 e. The van der Waals surface area contributed by atoms with Crippen LogP contribution in [-0.2, 0) is 6.42 Å². The van der Waals surface area contributed by atoms with Gasteiger partial charge < -0.3 is 20.7 Å². The maximum atomic E-state index is 13.6. The van der Waals surface area contributed by atoms with Gasteiger partial charge >= 0.3 is 6.01 Å². The van der Waals surface area contributed by atoms with Crippen molar-refractivity contribution in [2.75, 3.05) is 30.4 Å². The smallest absolute Gasteiger partial charge is 0.324 e. The normalized spacial score (nSPS) is 17.2. The van der Waals surface area contributed by atoms with Crippen LogP contribution < -0.4 is 20.7 Å². The second-order valence-electron chi connectivity index (χ2n) is 7.46. The number of halogens is 1. The van der Waals surface area contributed by atoms with Gasteiger partial charge in [-0.2, -0.15) is 9.97 Å². The van der Waals surface area contributed by atoms with Gasteiger partial charge in [0, 0.05) is 49.9 Å². The molecule has 29 heavy (non-hydrogen) atoms. The number of aromatic nitrogens is 2. The van der Waals surface area contributed by atoms with Crippen molar-refractivity contribution in [3.05, 3.63) is 59.5 Å². The third-order valence-corrected chi connectivity index (χ3v) is 5.53. The molecular formula is C22H22FN5O. The average Bonchev–Trinajstić information content (AvgIpc) is 3.30. The summed E-state index contributed by atoms with van der Waals surface area (Å²) in [6.45, 7) is 1.58. The van der Waals surface area contributed by atoms with E-state index < -0.39 is 0 Å². The molecule has 1 aromatic heterocycles. The fraction of sp³-hybridized carbons (Fsp3) is 0.273. The van der Waals surface area contributed by atoms with E-state index in [0.717, 1.165) is 47.8 Å². The van der Waals surface area contributed by atoms with Crippen molar-refractivity contribution in [2.45, 2.75) is 18.9 Å². The Morgan fingerprint density at radius 3 is 2.83 bits per heavy atom. The molecule has 2 aromatic carbocycles. The molecule has 7 heteroatoms. The minimum atomic E-state index is -0.361. The zero-order chi connectivity index (χ0) is 20.0. The first-order valence-electron chi connectivity index (χ1n) is 9.77. The first-order valence-corrected chi connectivity index (χ1v) is 9.77. The van der Waals surface area contributed by atoms with E-state index in [9.17, 15) is 4.39 Å². The Bertz CT molecular complexity index is 1090. The van der Waals surface area contributed by atoms with Gasteiger partial charge in [0.2, 0.25) is 0 Å². The summed E-state index contributed by atoms with van der Waals surface area (Å²) in [5, 5.41) is 3.26. The Morgan fingerprint density at radius 2 is 2.07 bits per heavy atom. The SMILES string of the molecule is CNc1cccc2c1Cc1nc(Oc3cccc(F)c3)nc(N3CC[C@@H](N)C3)c1-2. The monoisotopic (exact) mass is 391 g/mol. The maximum absolute atomic E-state index is 13.6. The summed E-state index contributed by atoms with van der Waals surface area (Å²) in [6, 6.07) is 12.6. The summed E-state index contributed by atoms with van der Waals surface area (Å²) in [7, 11) is 1.92. The van der Waals surface area contributed by atoms with Gasteiger partial charge in [0.1, 0.15) is 17.4 Å². The van der Waals surface area contributed by atoms with Gasteiger partial charge in [-0.1, -0.05) is 18.2 Å². The second-order valence-corrected chi connectivity index (χ2v) is 7.46. The Balaban J connectivity index is 1.62. The average molecular weight is 391 g/mol. The van der Waals surface area contributed by atoms with E-state index in [1.54, 1.807) is 12.1 Å². The van der Waals surface area contributed by atoms with Crippen LogP contribution in [0.5, 0.6) is 11.8 Å². The van der Waals surface area contributed by atoms with E-state index in [4.69, 9.17) is 15.5 Å². The van der Waals surface area contributed by atoms with Gasteiger partial charge in [0.15, 0.2) is 0 Å². The van der Waals surface area contributed by atoms with Gasteiger partial charge in [-0.3, -0.25) is 0 Å². The standard InChI is InChI=1S/C22H22FN5O/c1-25-18-7-3-6-16-17(18)11-19-20(16)21(28-9-8-14(24)12-28)27-22(26-19)29-15-5-2-4-13(23)10-15/h2-7,10,14,25H,8-9,11-12,24H2,1H3/t14-/m1/s1. The number of benzene rings is 2. The molecule has 2 aliphatic rings. The molecule has 1 atom stereocenters. The van der Waals surface area contributed by atoms with Crippen molar-refractivity contribution in [3.63, 3.8) is 0 Å². The van der Waals surface area contributed by atoms with Crippen LogP contribution in [0.4, 0.5) is 15.9 Å². The molecule has 0 amide bonds. The number of nitrogens with zero attached hydrogens (tertiary/aromatic N) is 3. The molecule has 0 bridgehead atoms. The highest BCUT2D eigenvalue weighted by Crippen LogP contribution is 2.45. The van der Waals surface area contributed by atoms with Crippen LogP contribution >= 0.6 is 0 Å². The minimum Gasteiger partial charge on any atom is -0.424 e. The number of hydrogen-bond acceptors (Lipinski definition) is 6. The van der Waals surface area contributed by atoms with Crippen molar-refractivity contribution < 1.29 is 9.13 Å². The number of anilines is 2. The number of nitrogens with one attached hydrogen (secondary N) is 1. The Hall–Kier alpha value is -3.19. The summed E-state index contributed by atoms with van der Waals surface area (Å²) in [5.74, 6) is 0.849. The molecule has 1 fully saturated rings. The van der Waals surface area contributed by atoms with E-state index in [1.165, 1.54) is 17.7 Å². The fourth-order valence-electron chi connectivity index (χ4n) is 4.18. The molecule has 1 saturated heterocycles. The van der Waals surface area contributed by atoms with Crippen LogP contribution in [0.25, 0.3) is 11.1 Å². The molecule has 6 nitrogen and oxygen atoms in total. The molecule has 1 aliphatic heterocycles. The molecule has 3 aromatic rings. The van der Waals surface area contributed by atoms with Crippen molar-refractivity contribution in [1.29, 1.82) is 0 Å². The Kier molecular flexibility index (Phi) is 4.32. The number of rotatable bonds is 4. The molecule has 148 valence electrons. The summed E-state index contributed by atoms with van der Waals surface area (Å²) >= 11 is 0. The van der Waals surface area contributed by atoms with Crippen LogP contribution in [-0.4, -0.2) is 36.1 Å². The Morgan fingerprint density at radius 1 is 1.21 bits per heavy atom. The zero-order valence-corrected chi connectivity index (χ0v) is 16.2. The van der Waals surface area contributed by atoms with E-state index in [2.05, 4.69) is 27.3 Å². The third kappa shape index (κ3) is 3.17. The zero-order valence-electron chi connectivity index (χ0n) is 16.2. The van der Waals surface area contributed by atoms with Crippen LogP contribution in [0.1, 0.15) is 17.7 Å². The molecule has 1 aliphatic carbocycles. The van der Waals surface area contributed by atoms with E-state index in [0.29, 0.717) is 12.2 Å². The number of fused-ring (bicyclic) bond motifs is 3. The first-order chi connectivity index (χ1) is 14.1. The molecule has 0 saturated carbocycles. The number of ether oxygens (including phenoxy) is 1. The lowest BCUT2D eigenvalue weighted by Gasteiger charge is -2.21. The quantitative estimate of drug-likeness (QED) is 0.554. The van der Waals surface area contributed by atoms with Gasteiger partial charge in [-0.15, -0.1) is 0 Å². The van der Waals surface area contributed by atoms with Gasteiger partial charge in [-0.05, 0) is 35.7 Å². The van der Waals surface area contributed by atoms with E-state index >= 15 is 0 Å². The summed E-state index contributed by atoms with van der Waals surface area (Å²) in [4.78, 5) is 11.6. The summed E-state index contributed by atoms with van der Waals surface area (Å²) < 4.78 is 19.4. The van der Waals surface area contributed by atoms with Crippen molar-refractivity contribution >= 4 is 11.5 Å². The molecule has 0 unspecified atom stereocenters. The molecule has 0 radical (unpaired) electrons. The number of hydrogen-bond donors (Lipinski definition) is 2. The van der Waals surface area contributed by atoms with Crippen LogP contribution in [0.15, 0.2) is 42.5 Å². The van der Waals surface area contributed by atoms with Gasteiger partial charge in [0.05, 0.1) is 5.69 Å². The predicted octanol–water partition coefficient (Wildman–Crippen LogP) is 3.56. The van der Waals surface area contributed by atoms with E-state index in [1.807, 2.05) is 13.1 Å². The lowest BCUT2D eigenvalue weighted by molar-refractivity contribution is 0.436. The highest BCUT2D eigenvalue weighted by Gasteiger charge is 2.31. The molecular weight excluding hydrogens is 369 g/mol. The molecule has 3 N–H and O–H groups in total. The van der Waals surface area contributed by atoms with E-state index in [-0.39, 0.29) is 17.9 Å². The number of nitrogens with two attached hydrogens (primary N) is 1. The van der Waals surface area contributed by atoms with Crippen LogP contribution in [0.3, 0.4) is 0 Å². The van der Waals surface area contributed by atoms with Crippen molar-refractivity contribution in [1.82, 2.24) is 9.97 Å². The molecule has 2 heterocycles. The largest absolute Gasteiger partial charge is 0.424 e. The lowest BCUT2D eigenvalue weighted by atomic mass is 10.1. The Labute approximate surface area is 168 Å². The van der Waals surface area contributed by atoms with Gasteiger partial charge in [0.25, 0.3) is 0 Å².